The van der Waals surface area contributed by atoms with Gasteiger partial charge in [0, 0.05) is 22.9 Å². The van der Waals surface area contributed by atoms with Crippen LogP contribution in [0.4, 0.5) is 4.39 Å². The molecule has 0 saturated carbocycles. The van der Waals surface area contributed by atoms with Crippen LogP contribution in [0.25, 0.3) is 10.9 Å². The number of amidine groups is 1. The minimum Gasteiger partial charge on any atom is -0.361 e. The standard InChI is InChI=1S/C13H12FN3OS/c14-9-1-2-11-10(6-9)8(7-16-11)5-12(18)17-13-15-3-4-19-13/h1-2,6-7,16H,3-5H2,(H,15,17,18). The van der Waals surface area contributed by atoms with Crippen molar-refractivity contribution in [3.63, 3.8) is 0 Å². The van der Waals surface area contributed by atoms with Crippen LogP contribution in [0.15, 0.2) is 29.4 Å². The van der Waals surface area contributed by atoms with Crippen molar-refractivity contribution >= 4 is 33.7 Å². The molecule has 0 fully saturated rings. The first-order chi connectivity index (χ1) is 9.22. The topological polar surface area (TPSA) is 57.2 Å². The van der Waals surface area contributed by atoms with Gasteiger partial charge in [-0.15, -0.1) is 0 Å². The first-order valence-electron chi connectivity index (χ1n) is 5.95. The number of hydrogen-bond donors (Lipinski definition) is 2. The molecule has 0 aliphatic carbocycles. The molecule has 0 saturated heterocycles. The van der Waals surface area contributed by atoms with Crippen molar-refractivity contribution in [2.24, 2.45) is 4.99 Å². The first-order valence-corrected chi connectivity index (χ1v) is 6.93. The largest absolute Gasteiger partial charge is 0.361 e. The van der Waals surface area contributed by atoms with Crippen LogP contribution in [0.1, 0.15) is 5.56 Å². The maximum atomic E-state index is 13.2. The van der Waals surface area contributed by atoms with Crippen LogP contribution in [-0.2, 0) is 11.2 Å². The Morgan fingerprint density at radius 1 is 1.53 bits per heavy atom. The second-order valence-electron chi connectivity index (χ2n) is 4.26. The van der Waals surface area contributed by atoms with Crippen LogP contribution in [0.5, 0.6) is 0 Å². The number of H-pyrrole nitrogens is 1. The number of halogens is 1. The van der Waals surface area contributed by atoms with Crippen molar-refractivity contribution in [3.05, 3.63) is 35.8 Å². The fraction of sp³-hybridized carbons (Fsp3) is 0.231. The number of aromatic amines is 1. The summed E-state index contributed by atoms with van der Waals surface area (Å²) in [7, 11) is 0. The molecule has 1 amide bonds. The summed E-state index contributed by atoms with van der Waals surface area (Å²) in [5.41, 5.74) is 1.62. The summed E-state index contributed by atoms with van der Waals surface area (Å²) >= 11 is 1.54. The third kappa shape index (κ3) is 2.63. The lowest BCUT2D eigenvalue weighted by Crippen LogP contribution is -2.28. The molecular weight excluding hydrogens is 265 g/mol. The van der Waals surface area contributed by atoms with E-state index in [1.165, 1.54) is 23.9 Å². The van der Waals surface area contributed by atoms with Gasteiger partial charge < -0.3 is 10.3 Å². The Hall–Kier alpha value is -1.82. The molecule has 1 aliphatic rings. The van der Waals surface area contributed by atoms with Gasteiger partial charge in [0.1, 0.15) is 5.82 Å². The lowest BCUT2D eigenvalue weighted by atomic mass is 10.1. The van der Waals surface area contributed by atoms with Gasteiger partial charge in [0.15, 0.2) is 5.17 Å². The van der Waals surface area contributed by atoms with Gasteiger partial charge in [0.25, 0.3) is 0 Å². The Labute approximate surface area is 113 Å². The molecule has 4 nitrogen and oxygen atoms in total. The van der Waals surface area contributed by atoms with Gasteiger partial charge in [-0.3, -0.25) is 9.79 Å². The van der Waals surface area contributed by atoms with E-state index in [-0.39, 0.29) is 18.1 Å². The minimum atomic E-state index is -0.301. The second-order valence-corrected chi connectivity index (χ2v) is 5.35. The van der Waals surface area contributed by atoms with Gasteiger partial charge in [-0.25, -0.2) is 4.39 Å². The number of amides is 1. The highest BCUT2D eigenvalue weighted by Gasteiger charge is 2.13. The van der Waals surface area contributed by atoms with E-state index in [0.29, 0.717) is 5.17 Å². The Bertz CT molecular complexity index is 665. The van der Waals surface area contributed by atoms with Gasteiger partial charge >= 0.3 is 0 Å². The SMILES string of the molecule is O=C(Cc1c[nH]c2ccc(F)cc12)NC1=NCCS1. The fourth-order valence-corrected chi connectivity index (χ4v) is 2.79. The molecule has 6 heteroatoms. The van der Waals surface area contributed by atoms with E-state index in [1.807, 2.05) is 0 Å². The number of carbonyl (C=O) groups excluding carboxylic acids is 1. The van der Waals surface area contributed by atoms with Crippen LogP contribution in [0.2, 0.25) is 0 Å². The van der Waals surface area contributed by atoms with E-state index in [9.17, 15) is 9.18 Å². The molecule has 0 spiro atoms. The molecule has 1 aromatic heterocycles. The van der Waals surface area contributed by atoms with Crippen molar-refractivity contribution in [1.29, 1.82) is 0 Å². The van der Waals surface area contributed by atoms with Crippen LogP contribution in [0, 0.1) is 5.82 Å². The van der Waals surface area contributed by atoms with E-state index in [4.69, 9.17) is 0 Å². The van der Waals surface area contributed by atoms with Crippen LogP contribution in [0.3, 0.4) is 0 Å². The summed E-state index contributed by atoms with van der Waals surface area (Å²) in [6.45, 7) is 0.749. The Balaban J connectivity index is 1.77. The summed E-state index contributed by atoms with van der Waals surface area (Å²) < 4.78 is 13.2. The average Bonchev–Trinajstić information content (AvgIpc) is 3.00. The molecule has 2 aromatic rings. The predicted octanol–water partition coefficient (Wildman–Crippen LogP) is 2.07. The highest BCUT2D eigenvalue weighted by atomic mass is 32.2. The van der Waals surface area contributed by atoms with E-state index in [1.54, 1.807) is 12.3 Å². The van der Waals surface area contributed by atoms with E-state index >= 15 is 0 Å². The summed E-state index contributed by atoms with van der Waals surface area (Å²) in [5, 5.41) is 4.19. The number of benzene rings is 1. The smallest absolute Gasteiger partial charge is 0.230 e. The number of rotatable bonds is 2. The molecule has 1 aromatic carbocycles. The van der Waals surface area contributed by atoms with Crippen LogP contribution >= 0.6 is 11.8 Å². The first kappa shape index (κ1) is 12.2. The quantitative estimate of drug-likeness (QED) is 0.883. The highest BCUT2D eigenvalue weighted by Crippen LogP contribution is 2.20. The molecule has 0 bridgehead atoms. The number of thioether (sulfide) groups is 1. The third-order valence-corrected chi connectivity index (χ3v) is 3.80. The van der Waals surface area contributed by atoms with E-state index in [0.717, 1.165) is 28.8 Å². The molecule has 0 unspecified atom stereocenters. The second kappa shape index (κ2) is 5.05. The van der Waals surface area contributed by atoms with E-state index in [2.05, 4.69) is 15.3 Å². The van der Waals surface area contributed by atoms with Crippen LogP contribution < -0.4 is 5.32 Å². The van der Waals surface area contributed by atoms with Gasteiger partial charge in [0.2, 0.25) is 5.91 Å². The molecule has 19 heavy (non-hydrogen) atoms. The number of fused-ring (bicyclic) bond motifs is 1. The zero-order valence-electron chi connectivity index (χ0n) is 10.1. The van der Waals surface area contributed by atoms with Crippen molar-refractivity contribution < 1.29 is 9.18 Å². The molecule has 0 radical (unpaired) electrons. The van der Waals surface area contributed by atoms with Crippen molar-refractivity contribution in [1.82, 2.24) is 10.3 Å². The van der Waals surface area contributed by atoms with E-state index < -0.39 is 0 Å². The zero-order chi connectivity index (χ0) is 13.2. The molecule has 2 heterocycles. The summed E-state index contributed by atoms with van der Waals surface area (Å²) in [5.74, 6) is 0.483. The van der Waals surface area contributed by atoms with Gasteiger partial charge in [0.05, 0.1) is 13.0 Å². The number of nitrogens with one attached hydrogen (secondary N) is 2. The summed E-state index contributed by atoms with van der Waals surface area (Å²) in [4.78, 5) is 19.1. The average molecular weight is 277 g/mol. The van der Waals surface area contributed by atoms with Crippen molar-refractivity contribution in [2.45, 2.75) is 6.42 Å². The maximum absolute atomic E-state index is 13.2. The predicted molar refractivity (Wildman–Crippen MR) is 74.9 cm³/mol. The Kier molecular flexibility index (Phi) is 3.25. The normalized spacial score (nSPS) is 14.7. The van der Waals surface area contributed by atoms with Gasteiger partial charge in [-0.2, -0.15) is 0 Å². The maximum Gasteiger partial charge on any atom is 0.230 e. The molecular formula is C13H12FN3OS. The minimum absolute atomic E-state index is 0.127. The highest BCUT2D eigenvalue weighted by molar-refractivity contribution is 8.14. The summed E-state index contributed by atoms with van der Waals surface area (Å²) in [6, 6.07) is 4.51. The molecule has 0 atom stereocenters. The fourth-order valence-electron chi connectivity index (χ4n) is 2.04. The zero-order valence-corrected chi connectivity index (χ0v) is 10.9. The third-order valence-electron chi connectivity index (χ3n) is 2.91. The Morgan fingerprint density at radius 2 is 2.42 bits per heavy atom. The number of nitrogens with zero attached hydrogens (tertiary/aromatic N) is 1. The van der Waals surface area contributed by atoms with Gasteiger partial charge in [-0.05, 0) is 23.8 Å². The summed E-state index contributed by atoms with van der Waals surface area (Å²) in [6.07, 6.45) is 1.95. The number of carbonyl (C=O) groups is 1. The molecule has 1 aliphatic heterocycles. The molecule has 2 N–H and O–H groups in total. The number of aliphatic imine (C=N–C) groups is 1. The monoisotopic (exact) mass is 277 g/mol. The number of aromatic nitrogens is 1. The Morgan fingerprint density at radius 3 is 3.21 bits per heavy atom. The van der Waals surface area contributed by atoms with Crippen molar-refractivity contribution in [3.8, 4) is 0 Å². The van der Waals surface area contributed by atoms with Crippen molar-refractivity contribution in [2.75, 3.05) is 12.3 Å². The number of hydrogen-bond acceptors (Lipinski definition) is 3. The van der Waals surface area contributed by atoms with Crippen LogP contribution in [-0.4, -0.2) is 28.4 Å². The van der Waals surface area contributed by atoms with Gasteiger partial charge in [-0.1, -0.05) is 11.8 Å². The lowest BCUT2D eigenvalue weighted by molar-refractivity contribution is -0.118. The lowest BCUT2D eigenvalue weighted by Gasteiger charge is -2.03. The molecule has 98 valence electrons. The molecule has 3 rings (SSSR count).